The summed E-state index contributed by atoms with van der Waals surface area (Å²) in [6.45, 7) is 8.86. The third-order valence-corrected chi connectivity index (χ3v) is 5.29. The molecular formula is C24H34IN5O3. The van der Waals surface area contributed by atoms with Crippen LogP contribution in [0.2, 0.25) is 0 Å². The van der Waals surface area contributed by atoms with Crippen LogP contribution in [0.3, 0.4) is 0 Å². The standard InChI is InChI=1S/C24H33N5O3.HI/c1-4-25-24(28-20-10-11-29(16-20)23(31)17(2)3)27-14-18-7-5-8-19(13-18)22(30)26-15-21-9-6-12-32-21;/h5-9,12-13,17,20H,4,10-11,14-16H2,1-3H3,(H,26,30)(H2,25,27,28);1H. The Morgan fingerprint density at radius 3 is 2.73 bits per heavy atom. The highest BCUT2D eigenvalue weighted by Crippen LogP contribution is 2.13. The van der Waals surface area contributed by atoms with Gasteiger partial charge in [-0.1, -0.05) is 26.0 Å². The van der Waals surface area contributed by atoms with Gasteiger partial charge in [-0.2, -0.15) is 0 Å². The van der Waals surface area contributed by atoms with E-state index >= 15 is 0 Å². The average Bonchev–Trinajstić information content (AvgIpc) is 3.48. The number of rotatable bonds is 8. The molecule has 0 radical (unpaired) electrons. The Morgan fingerprint density at radius 2 is 2.03 bits per heavy atom. The van der Waals surface area contributed by atoms with Gasteiger partial charge in [-0.05, 0) is 43.2 Å². The van der Waals surface area contributed by atoms with E-state index in [0.717, 1.165) is 25.1 Å². The number of amides is 2. The molecule has 180 valence electrons. The lowest BCUT2D eigenvalue weighted by atomic mass is 10.1. The molecule has 8 nitrogen and oxygen atoms in total. The summed E-state index contributed by atoms with van der Waals surface area (Å²) >= 11 is 0. The fraction of sp³-hybridized carbons (Fsp3) is 0.458. The van der Waals surface area contributed by atoms with Crippen LogP contribution in [0.4, 0.5) is 0 Å². The van der Waals surface area contributed by atoms with Crippen molar-refractivity contribution in [3.8, 4) is 0 Å². The fourth-order valence-electron chi connectivity index (χ4n) is 3.62. The average molecular weight is 567 g/mol. The third kappa shape index (κ3) is 8.06. The third-order valence-electron chi connectivity index (χ3n) is 5.29. The smallest absolute Gasteiger partial charge is 0.251 e. The molecular weight excluding hydrogens is 533 g/mol. The summed E-state index contributed by atoms with van der Waals surface area (Å²) in [6, 6.07) is 11.2. The number of aliphatic imine (C=N–C) groups is 1. The van der Waals surface area contributed by atoms with Crippen LogP contribution in [-0.2, 0) is 17.9 Å². The maximum atomic E-state index is 12.5. The quantitative estimate of drug-likeness (QED) is 0.259. The molecule has 1 fully saturated rings. The topological polar surface area (TPSA) is 99.0 Å². The molecule has 1 unspecified atom stereocenters. The summed E-state index contributed by atoms with van der Waals surface area (Å²) < 4.78 is 5.25. The largest absolute Gasteiger partial charge is 0.467 e. The Labute approximate surface area is 212 Å². The molecule has 1 aliphatic heterocycles. The second kappa shape index (κ2) is 13.2. The number of hydrogen-bond donors (Lipinski definition) is 3. The number of carbonyl (C=O) groups excluding carboxylic acids is 2. The zero-order valence-corrected chi connectivity index (χ0v) is 21.8. The van der Waals surface area contributed by atoms with E-state index in [1.807, 2.05) is 49.9 Å². The Morgan fingerprint density at radius 1 is 1.21 bits per heavy atom. The van der Waals surface area contributed by atoms with Gasteiger partial charge in [-0.3, -0.25) is 9.59 Å². The number of nitrogens with one attached hydrogen (secondary N) is 3. The van der Waals surface area contributed by atoms with Crippen molar-refractivity contribution in [3.05, 3.63) is 59.5 Å². The van der Waals surface area contributed by atoms with Crippen molar-refractivity contribution in [1.29, 1.82) is 0 Å². The van der Waals surface area contributed by atoms with E-state index in [1.165, 1.54) is 0 Å². The number of halogens is 1. The van der Waals surface area contributed by atoms with Crippen molar-refractivity contribution in [2.24, 2.45) is 10.9 Å². The molecule has 3 rings (SSSR count). The summed E-state index contributed by atoms with van der Waals surface area (Å²) in [5.41, 5.74) is 1.52. The first-order chi connectivity index (χ1) is 15.5. The van der Waals surface area contributed by atoms with E-state index in [-0.39, 0.29) is 47.8 Å². The maximum absolute atomic E-state index is 12.5. The minimum Gasteiger partial charge on any atom is -0.467 e. The second-order valence-electron chi connectivity index (χ2n) is 8.23. The van der Waals surface area contributed by atoms with Crippen LogP contribution in [0, 0.1) is 5.92 Å². The Balaban J connectivity index is 0.00000385. The van der Waals surface area contributed by atoms with Gasteiger partial charge in [0.25, 0.3) is 5.91 Å². The first kappa shape index (κ1) is 26.7. The van der Waals surface area contributed by atoms with Crippen LogP contribution in [0.25, 0.3) is 0 Å². The van der Waals surface area contributed by atoms with Crippen LogP contribution in [0.5, 0.6) is 0 Å². The van der Waals surface area contributed by atoms with Crippen molar-refractivity contribution in [2.45, 2.75) is 46.3 Å². The summed E-state index contributed by atoms with van der Waals surface area (Å²) in [4.78, 5) is 31.3. The van der Waals surface area contributed by atoms with E-state index in [0.29, 0.717) is 36.9 Å². The van der Waals surface area contributed by atoms with E-state index in [4.69, 9.17) is 4.42 Å². The SMILES string of the molecule is CCNC(=NCc1cccc(C(=O)NCc2ccco2)c1)NC1CCN(C(=O)C(C)C)C1.I. The molecule has 9 heteroatoms. The zero-order chi connectivity index (χ0) is 22.9. The van der Waals surface area contributed by atoms with Crippen LogP contribution < -0.4 is 16.0 Å². The molecule has 0 bridgehead atoms. The van der Waals surface area contributed by atoms with Gasteiger partial charge in [0.2, 0.25) is 5.91 Å². The second-order valence-corrected chi connectivity index (χ2v) is 8.23. The van der Waals surface area contributed by atoms with Crippen molar-refractivity contribution < 1.29 is 14.0 Å². The predicted octanol–water partition coefficient (Wildman–Crippen LogP) is 3.14. The van der Waals surface area contributed by atoms with Gasteiger partial charge < -0.3 is 25.3 Å². The Hall–Kier alpha value is -2.56. The highest BCUT2D eigenvalue weighted by atomic mass is 127. The molecule has 2 aromatic rings. The van der Waals surface area contributed by atoms with Gasteiger partial charge in [0, 0.05) is 37.2 Å². The summed E-state index contributed by atoms with van der Waals surface area (Å²) in [7, 11) is 0. The lowest BCUT2D eigenvalue weighted by molar-refractivity contribution is -0.133. The number of carbonyl (C=O) groups is 2. The zero-order valence-electron chi connectivity index (χ0n) is 19.5. The monoisotopic (exact) mass is 567 g/mol. The van der Waals surface area contributed by atoms with Crippen LogP contribution in [0.1, 0.15) is 48.9 Å². The molecule has 2 heterocycles. The lowest BCUT2D eigenvalue weighted by Crippen LogP contribution is -2.45. The van der Waals surface area contributed by atoms with Crippen molar-refractivity contribution in [3.63, 3.8) is 0 Å². The van der Waals surface area contributed by atoms with E-state index in [2.05, 4.69) is 20.9 Å². The number of hydrogen-bond acceptors (Lipinski definition) is 4. The maximum Gasteiger partial charge on any atom is 0.251 e. The van der Waals surface area contributed by atoms with Gasteiger partial charge in [0.05, 0.1) is 19.4 Å². The van der Waals surface area contributed by atoms with Gasteiger partial charge >= 0.3 is 0 Å². The highest BCUT2D eigenvalue weighted by Gasteiger charge is 2.27. The molecule has 1 aliphatic rings. The van der Waals surface area contributed by atoms with Gasteiger partial charge in [0.15, 0.2) is 5.96 Å². The first-order valence-corrected chi connectivity index (χ1v) is 11.2. The predicted molar refractivity (Wildman–Crippen MR) is 140 cm³/mol. The van der Waals surface area contributed by atoms with Crippen LogP contribution >= 0.6 is 24.0 Å². The number of nitrogens with zero attached hydrogens (tertiary/aromatic N) is 2. The number of benzene rings is 1. The molecule has 1 aromatic heterocycles. The molecule has 0 aliphatic carbocycles. The van der Waals surface area contributed by atoms with Crippen LogP contribution in [0.15, 0.2) is 52.1 Å². The molecule has 0 saturated carbocycles. The lowest BCUT2D eigenvalue weighted by Gasteiger charge is -2.20. The molecule has 0 spiro atoms. The van der Waals surface area contributed by atoms with Crippen molar-refractivity contribution in [1.82, 2.24) is 20.9 Å². The van der Waals surface area contributed by atoms with E-state index in [9.17, 15) is 9.59 Å². The van der Waals surface area contributed by atoms with Crippen LogP contribution in [-0.4, -0.2) is 48.3 Å². The minimum absolute atomic E-state index is 0. The molecule has 2 amide bonds. The number of likely N-dealkylation sites (tertiary alicyclic amines) is 1. The van der Waals surface area contributed by atoms with Gasteiger partial charge in [-0.15, -0.1) is 24.0 Å². The molecule has 1 atom stereocenters. The van der Waals surface area contributed by atoms with Gasteiger partial charge in [-0.25, -0.2) is 4.99 Å². The number of guanidine groups is 1. The van der Waals surface area contributed by atoms with Gasteiger partial charge in [0.1, 0.15) is 5.76 Å². The summed E-state index contributed by atoms with van der Waals surface area (Å²) in [6.07, 6.45) is 2.48. The Bertz CT molecular complexity index is 930. The summed E-state index contributed by atoms with van der Waals surface area (Å²) in [5, 5.41) is 9.56. The molecule has 1 saturated heterocycles. The van der Waals surface area contributed by atoms with E-state index < -0.39 is 0 Å². The highest BCUT2D eigenvalue weighted by molar-refractivity contribution is 14.0. The molecule has 1 aromatic carbocycles. The van der Waals surface area contributed by atoms with E-state index in [1.54, 1.807) is 18.4 Å². The first-order valence-electron chi connectivity index (χ1n) is 11.2. The summed E-state index contributed by atoms with van der Waals surface area (Å²) in [5.74, 6) is 1.47. The fourth-order valence-corrected chi connectivity index (χ4v) is 3.62. The minimum atomic E-state index is -0.155. The molecule has 3 N–H and O–H groups in total. The number of furan rings is 1. The van der Waals surface area contributed by atoms with Crippen molar-refractivity contribution >= 4 is 41.8 Å². The molecule has 33 heavy (non-hydrogen) atoms. The normalized spacial score (nSPS) is 15.8. The van der Waals surface area contributed by atoms with Crippen molar-refractivity contribution in [2.75, 3.05) is 19.6 Å². The Kier molecular flexibility index (Phi) is 10.7.